The lowest BCUT2D eigenvalue weighted by molar-refractivity contribution is -0.290. The lowest BCUT2D eigenvalue weighted by Gasteiger charge is -2.44. The van der Waals surface area contributed by atoms with Gasteiger partial charge in [-0.15, -0.1) is 0 Å². The molecule has 0 aliphatic carbocycles. The van der Waals surface area contributed by atoms with E-state index in [1.807, 2.05) is 0 Å². The van der Waals surface area contributed by atoms with Crippen LogP contribution in [0.4, 0.5) is 18.0 Å². The van der Waals surface area contributed by atoms with Gasteiger partial charge in [-0.2, -0.15) is 13.2 Å². The van der Waals surface area contributed by atoms with E-state index >= 15 is 0 Å². The summed E-state index contributed by atoms with van der Waals surface area (Å²) < 4.78 is 39.7. The van der Waals surface area contributed by atoms with Crippen LogP contribution in [-0.2, 0) is 4.79 Å². The average Bonchev–Trinajstić information content (AvgIpc) is 2.36. The Bertz CT molecular complexity index is 623. The van der Waals surface area contributed by atoms with Gasteiger partial charge in [-0.05, 0) is 18.6 Å². The van der Waals surface area contributed by atoms with E-state index in [1.54, 1.807) is 6.07 Å². The van der Waals surface area contributed by atoms with Gasteiger partial charge < -0.3 is 15.7 Å². The molecule has 1 aliphatic heterocycles. The summed E-state index contributed by atoms with van der Waals surface area (Å²) in [7, 11) is 0. The van der Waals surface area contributed by atoms with E-state index in [9.17, 15) is 27.9 Å². The van der Waals surface area contributed by atoms with Crippen molar-refractivity contribution in [3.63, 3.8) is 0 Å². The van der Waals surface area contributed by atoms with E-state index in [0.29, 0.717) is 0 Å². The van der Waals surface area contributed by atoms with Crippen LogP contribution in [0.1, 0.15) is 18.5 Å². The normalized spacial score (nSPS) is 28.7. The van der Waals surface area contributed by atoms with Gasteiger partial charge in [0, 0.05) is 5.02 Å². The average molecular weight is 337 g/mol. The highest BCUT2D eigenvalue weighted by Gasteiger charge is 2.65. The number of Topliss-reactive ketones (excluding diaryl/α,β-unsaturated/α-hetero) is 1. The number of carbonyl (C=O) groups excluding carboxylic acids is 2. The molecule has 1 heterocycles. The third-order valence-corrected chi connectivity index (χ3v) is 3.83. The molecule has 2 amide bonds. The predicted molar refractivity (Wildman–Crippen MR) is 71.0 cm³/mol. The standard InChI is InChI=1S/C13H12ClF3N2O3/c1-6(20)9-10(7-4-2-3-5-8(7)14)18-11(21)19-12(9,22)13(15,16)17/h2-5,9-10,22H,1H3,(H2,18,19,21)/t9-,10-,12+/m0/s1. The summed E-state index contributed by atoms with van der Waals surface area (Å²) in [4.78, 5) is 23.3. The molecule has 0 spiro atoms. The molecule has 120 valence electrons. The van der Waals surface area contributed by atoms with E-state index in [1.165, 1.54) is 23.5 Å². The van der Waals surface area contributed by atoms with E-state index < -0.39 is 35.7 Å². The van der Waals surface area contributed by atoms with Crippen LogP contribution in [0, 0.1) is 5.92 Å². The Morgan fingerprint density at radius 3 is 2.45 bits per heavy atom. The quantitative estimate of drug-likeness (QED) is 0.774. The molecule has 1 saturated heterocycles. The number of hydrogen-bond donors (Lipinski definition) is 3. The monoisotopic (exact) mass is 336 g/mol. The number of ketones is 1. The van der Waals surface area contributed by atoms with Crippen LogP contribution in [0.5, 0.6) is 0 Å². The molecular formula is C13H12ClF3N2O3. The minimum absolute atomic E-state index is 0.0745. The number of urea groups is 1. The molecule has 2 rings (SSSR count). The van der Waals surface area contributed by atoms with Crippen LogP contribution >= 0.6 is 11.6 Å². The van der Waals surface area contributed by atoms with Crippen LogP contribution in [0.2, 0.25) is 5.02 Å². The van der Waals surface area contributed by atoms with Gasteiger partial charge in [0.25, 0.3) is 0 Å². The Labute approximate surface area is 128 Å². The maximum Gasteiger partial charge on any atom is 0.437 e. The molecule has 22 heavy (non-hydrogen) atoms. The maximum absolute atomic E-state index is 13.2. The van der Waals surface area contributed by atoms with E-state index in [-0.39, 0.29) is 10.6 Å². The summed E-state index contributed by atoms with van der Waals surface area (Å²) in [5.74, 6) is -2.93. The molecule has 5 nitrogen and oxygen atoms in total. The Hall–Kier alpha value is -1.80. The molecule has 1 aromatic carbocycles. The maximum atomic E-state index is 13.2. The second-order valence-corrected chi connectivity index (χ2v) is 5.36. The fraction of sp³-hybridized carbons (Fsp3) is 0.385. The summed E-state index contributed by atoms with van der Waals surface area (Å²) >= 11 is 5.94. The van der Waals surface area contributed by atoms with Crippen molar-refractivity contribution in [2.75, 3.05) is 0 Å². The van der Waals surface area contributed by atoms with Crippen LogP contribution in [-0.4, -0.2) is 28.8 Å². The van der Waals surface area contributed by atoms with Crippen molar-refractivity contribution in [3.05, 3.63) is 34.9 Å². The van der Waals surface area contributed by atoms with E-state index in [0.717, 1.165) is 6.92 Å². The van der Waals surface area contributed by atoms with Crippen molar-refractivity contribution < 1.29 is 27.9 Å². The van der Waals surface area contributed by atoms with Crippen molar-refractivity contribution in [2.45, 2.75) is 24.9 Å². The SMILES string of the molecule is CC(=O)[C@H]1[C@H](c2ccccc2Cl)NC(=O)N[C@]1(O)C(F)(F)F. The summed E-state index contributed by atoms with van der Waals surface area (Å²) in [6.07, 6.45) is -5.24. The molecule has 0 unspecified atom stereocenters. The molecule has 1 fully saturated rings. The zero-order chi connectivity index (χ0) is 16.7. The summed E-state index contributed by atoms with van der Waals surface area (Å²) in [5, 5.41) is 13.7. The first-order valence-corrected chi connectivity index (χ1v) is 6.58. The van der Waals surface area contributed by atoms with Gasteiger partial charge in [-0.25, -0.2) is 4.79 Å². The van der Waals surface area contributed by atoms with Crippen molar-refractivity contribution in [1.82, 2.24) is 10.6 Å². The second-order valence-electron chi connectivity index (χ2n) is 4.95. The second kappa shape index (κ2) is 5.44. The smallest absolute Gasteiger partial charge is 0.363 e. The molecule has 0 radical (unpaired) electrons. The number of alkyl halides is 3. The first kappa shape index (κ1) is 16.6. The zero-order valence-electron chi connectivity index (χ0n) is 11.2. The van der Waals surface area contributed by atoms with Crippen LogP contribution < -0.4 is 10.6 Å². The number of carbonyl (C=O) groups is 2. The third-order valence-electron chi connectivity index (χ3n) is 3.48. The number of halogens is 4. The highest BCUT2D eigenvalue weighted by atomic mass is 35.5. The van der Waals surface area contributed by atoms with E-state index in [2.05, 4.69) is 5.32 Å². The van der Waals surface area contributed by atoms with Gasteiger partial charge in [-0.3, -0.25) is 4.79 Å². The Morgan fingerprint density at radius 2 is 1.95 bits per heavy atom. The van der Waals surface area contributed by atoms with Crippen LogP contribution in [0.3, 0.4) is 0 Å². The van der Waals surface area contributed by atoms with Gasteiger partial charge in [0.1, 0.15) is 5.78 Å². The van der Waals surface area contributed by atoms with E-state index in [4.69, 9.17) is 11.6 Å². The number of benzene rings is 1. The fourth-order valence-electron chi connectivity index (χ4n) is 2.51. The molecule has 0 saturated carbocycles. The largest absolute Gasteiger partial charge is 0.437 e. The number of hydrogen-bond acceptors (Lipinski definition) is 3. The molecule has 9 heteroatoms. The summed E-state index contributed by atoms with van der Waals surface area (Å²) in [5.41, 5.74) is -3.56. The van der Waals surface area contributed by atoms with Crippen molar-refractivity contribution >= 4 is 23.4 Å². The number of nitrogens with one attached hydrogen (secondary N) is 2. The van der Waals surface area contributed by atoms with Gasteiger partial charge >= 0.3 is 12.2 Å². The highest BCUT2D eigenvalue weighted by Crippen LogP contribution is 2.43. The summed E-state index contributed by atoms with van der Waals surface area (Å²) in [6.45, 7) is 0.907. The topological polar surface area (TPSA) is 78.4 Å². The fourth-order valence-corrected chi connectivity index (χ4v) is 2.77. The Balaban J connectivity index is 2.60. The third kappa shape index (κ3) is 2.64. The van der Waals surface area contributed by atoms with Crippen LogP contribution in [0.15, 0.2) is 24.3 Å². The highest BCUT2D eigenvalue weighted by molar-refractivity contribution is 6.31. The molecule has 1 aromatic rings. The molecular weight excluding hydrogens is 325 g/mol. The Morgan fingerprint density at radius 1 is 1.36 bits per heavy atom. The predicted octanol–water partition coefficient (Wildman–Crippen LogP) is 2.15. The number of rotatable bonds is 2. The van der Waals surface area contributed by atoms with Crippen LogP contribution in [0.25, 0.3) is 0 Å². The van der Waals surface area contributed by atoms with Gasteiger partial charge in [-0.1, -0.05) is 29.8 Å². The minimum atomic E-state index is -5.24. The molecule has 3 N–H and O–H groups in total. The minimum Gasteiger partial charge on any atom is -0.363 e. The molecule has 1 aliphatic rings. The van der Waals surface area contributed by atoms with Gasteiger partial charge in [0.2, 0.25) is 5.72 Å². The number of amides is 2. The van der Waals surface area contributed by atoms with Gasteiger partial charge in [0.05, 0.1) is 12.0 Å². The first-order chi connectivity index (χ1) is 10.1. The zero-order valence-corrected chi connectivity index (χ0v) is 12.0. The number of aliphatic hydroxyl groups is 1. The first-order valence-electron chi connectivity index (χ1n) is 6.20. The molecule has 3 atom stereocenters. The lowest BCUT2D eigenvalue weighted by atomic mass is 9.79. The molecule has 0 aromatic heterocycles. The van der Waals surface area contributed by atoms with Crippen molar-refractivity contribution in [3.8, 4) is 0 Å². The molecule has 0 bridgehead atoms. The Kier molecular flexibility index (Phi) is 4.09. The van der Waals surface area contributed by atoms with Crippen molar-refractivity contribution in [2.24, 2.45) is 5.92 Å². The van der Waals surface area contributed by atoms with Gasteiger partial charge in [0.15, 0.2) is 0 Å². The lowest BCUT2D eigenvalue weighted by Crippen LogP contribution is -2.72. The van der Waals surface area contributed by atoms with Crippen molar-refractivity contribution in [1.29, 1.82) is 0 Å². The summed E-state index contributed by atoms with van der Waals surface area (Å²) in [6, 6.07) is 3.18.